The summed E-state index contributed by atoms with van der Waals surface area (Å²) in [6.45, 7) is 0. The van der Waals surface area contributed by atoms with E-state index in [1.807, 2.05) is 60.7 Å². The number of carbonyl (C=O) groups is 2. The first-order valence-corrected chi connectivity index (χ1v) is 9.69. The van der Waals surface area contributed by atoms with Crippen LogP contribution in [0.3, 0.4) is 0 Å². The Kier molecular flexibility index (Phi) is 4.32. The number of rotatable bonds is 4. The first kappa shape index (κ1) is 18.1. The summed E-state index contributed by atoms with van der Waals surface area (Å²) in [6.07, 6.45) is 0. The third-order valence-corrected chi connectivity index (χ3v) is 5.47. The van der Waals surface area contributed by atoms with E-state index in [0.29, 0.717) is 17.1 Å². The number of hydrogen-bond donors (Lipinski definition) is 0. The second-order valence-corrected chi connectivity index (χ2v) is 7.14. The predicted octanol–water partition coefficient (Wildman–Crippen LogP) is 3.48. The lowest BCUT2D eigenvalue weighted by atomic mass is 9.93. The van der Waals surface area contributed by atoms with Gasteiger partial charge in [0.25, 0.3) is 5.91 Å². The van der Waals surface area contributed by atoms with Gasteiger partial charge in [-0.05, 0) is 29.8 Å². The van der Waals surface area contributed by atoms with Crippen LogP contribution in [0.1, 0.15) is 5.56 Å². The quantitative estimate of drug-likeness (QED) is 0.633. The molecule has 0 radical (unpaired) electrons. The second-order valence-electron chi connectivity index (χ2n) is 7.14. The summed E-state index contributed by atoms with van der Waals surface area (Å²) in [6, 6.07) is 25.3. The molecule has 0 unspecified atom stereocenters. The second kappa shape index (κ2) is 7.15. The molecule has 6 nitrogen and oxygen atoms in total. The number of anilines is 2. The normalized spacial score (nSPS) is 20.4. The number of para-hydroxylation sites is 3. The molecule has 30 heavy (non-hydrogen) atoms. The SMILES string of the molecule is COc1ccccc1N1C(=O)[C@H]2C(c3ccccc3)=NN(c3ccccc3)[C@H]2C1=O. The van der Waals surface area contributed by atoms with E-state index < -0.39 is 12.0 Å². The maximum atomic E-state index is 13.6. The third-order valence-electron chi connectivity index (χ3n) is 5.47. The number of benzene rings is 3. The van der Waals surface area contributed by atoms with Crippen molar-refractivity contribution in [3.8, 4) is 5.75 Å². The zero-order valence-corrected chi connectivity index (χ0v) is 16.3. The molecule has 0 spiro atoms. The molecule has 2 aliphatic rings. The standard InChI is InChI=1S/C24H19N3O3/c1-30-19-15-9-8-14-18(19)26-23(28)20-21(16-10-4-2-5-11-16)25-27(22(20)24(26)29)17-12-6-3-7-13-17/h2-15,20,22H,1H3/t20-,22+/m0/s1. The van der Waals surface area contributed by atoms with E-state index in [2.05, 4.69) is 0 Å². The minimum absolute atomic E-state index is 0.296. The van der Waals surface area contributed by atoms with Crippen LogP contribution >= 0.6 is 0 Å². The summed E-state index contributed by atoms with van der Waals surface area (Å²) >= 11 is 0. The van der Waals surface area contributed by atoms with E-state index in [9.17, 15) is 9.59 Å². The molecule has 0 bridgehead atoms. The number of nitrogens with zero attached hydrogens (tertiary/aromatic N) is 3. The van der Waals surface area contributed by atoms with Gasteiger partial charge in [-0.3, -0.25) is 14.6 Å². The number of methoxy groups -OCH3 is 1. The van der Waals surface area contributed by atoms with Crippen LogP contribution in [0, 0.1) is 5.92 Å². The van der Waals surface area contributed by atoms with Crippen LogP contribution in [0.2, 0.25) is 0 Å². The minimum Gasteiger partial charge on any atom is -0.495 e. The van der Waals surface area contributed by atoms with Crippen LogP contribution < -0.4 is 14.6 Å². The fourth-order valence-electron chi connectivity index (χ4n) is 4.11. The van der Waals surface area contributed by atoms with Gasteiger partial charge in [-0.25, -0.2) is 4.90 Å². The highest BCUT2D eigenvalue weighted by Gasteiger charge is 2.57. The van der Waals surface area contributed by atoms with Crippen molar-refractivity contribution in [2.24, 2.45) is 11.0 Å². The monoisotopic (exact) mass is 397 g/mol. The average Bonchev–Trinajstić information content (AvgIpc) is 3.32. The van der Waals surface area contributed by atoms with Crippen molar-refractivity contribution < 1.29 is 14.3 Å². The Morgan fingerprint density at radius 2 is 1.43 bits per heavy atom. The zero-order valence-electron chi connectivity index (χ0n) is 16.3. The Morgan fingerprint density at radius 3 is 2.13 bits per heavy atom. The van der Waals surface area contributed by atoms with Gasteiger partial charge in [0, 0.05) is 0 Å². The molecular formula is C24H19N3O3. The Hall–Kier alpha value is -3.93. The first-order chi connectivity index (χ1) is 14.7. The van der Waals surface area contributed by atoms with Gasteiger partial charge in [0.2, 0.25) is 5.91 Å². The molecule has 2 atom stereocenters. The lowest BCUT2D eigenvalue weighted by Crippen LogP contribution is -2.39. The molecule has 0 aliphatic carbocycles. The van der Waals surface area contributed by atoms with Gasteiger partial charge in [0.15, 0.2) is 0 Å². The molecule has 0 aromatic heterocycles. The molecule has 1 saturated heterocycles. The number of imide groups is 1. The van der Waals surface area contributed by atoms with Gasteiger partial charge in [-0.1, -0.05) is 60.7 Å². The minimum atomic E-state index is -0.736. The molecular weight excluding hydrogens is 378 g/mol. The van der Waals surface area contributed by atoms with E-state index in [4.69, 9.17) is 9.84 Å². The Balaban J connectivity index is 1.65. The highest BCUT2D eigenvalue weighted by Crippen LogP contribution is 2.41. The number of ether oxygens (including phenoxy) is 1. The van der Waals surface area contributed by atoms with Crippen LogP contribution in [0.15, 0.2) is 90.0 Å². The number of hydrogen-bond acceptors (Lipinski definition) is 5. The van der Waals surface area contributed by atoms with Gasteiger partial charge >= 0.3 is 0 Å². The van der Waals surface area contributed by atoms with E-state index in [-0.39, 0.29) is 11.8 Å². The first-order valence-electron chi connectivity index (χ1n) is 9.69. The number of amides is 2. The largest absolute Gasteiger partial charge is 0.495 e. The van der Waals surface area contributed by atoms with E-state index >= 15 is 0 Å². The highest BCUT2D eigenvalue weighted by molar-refractivity contribution is 6.34. The molecule has 0 N–H and O–H groups in total. The fraction of sp³-hybridized carbons (Fsp3) is 0.125. The molecule has 3 aromatic carbocycles. The summed E-state index contributed by atoms with van der Waals surface area (Å²) in [5.74, 6) is -0.822. The predicted molar refractivity (Wildman–Crippen MR) is 115 cm³/mol. The fourth-order valence-corrected chi connectivity index (χ4v) is 4.11. The van der Waals surface area contributed by atoms with Gasteiger partial charge in [-0.2, -0.15) is 5.10 Å². The van der Waals surface area contributed by atoms with Crippen molar-refractivity contribution in [1.82, 2.24) is 0 Å². The lowest BCUT2D eigenvalue weighted by molar-refractivity contribution is -0.121. The van der Waals surface area contributed by atoms with Crippen molar-refractivity contribution >= 4 is 28.9 Å². The van der Waals surface area contributed by atoms with Crippen LogP contribution in [0.25, 0.3) is 0 Å². The summed E-state index contributed by atoms with van der Waals surface area (Å²) < 4.78 is 5.41. The number of carbonyl (C=O) groups excluding carboxylic acids is 2. The summed E-state index contributed by atoms with van der Waals surface area (Å²) in [5.41, 5.74) is 2.64. The van der Waals surface area contributed by atoms with Crippen LogP contribution in [-0.2, 0) is 9.59 Å². The molecule has 2 amide bonds. The van der Waals surface area contributed by atoms with Gasteiger partial charge in [0.1, 0.15) is 17.7 Å². The third kappa shape index (κ3) is 2.69. The van der Waals surface area contributed by atoms with E-state index in [1.54, 1.807) is 29.3 Å². The molecule has 1 fully saturated rings. The van der Waals surface area contributed by atoms with Crippen molar-refractivity contribution in [1.29, 1.82) is 0 Å². The lowest BCUT2D eigenvalue weighted by Gasteiger charge is -2.22. The van der Waals surface area contributed by atoms with E-state index in [1.165, 1.54) is 12.0 Å². The summed E-state index contributed by atoms with van der Waals surface area (Å²) in [4.78, 5) is 28.4. The zero-order chi connectivity index (χ0) is 20.7. The van der Waals surface area contributed by atoms with E-state index in [0.717, 1.165) is 11.3 Å². The van der Waals surface area contributed by atoms with Crippen molar-refractivity contribution in [2.45, 2.75) is 6.04 Å². The molecule has 5 rings (SSSR count). The molecule has 3 aromatic rings. The smallest absolute Gasteiger partial charge is 0.260 e. The van der Waals surface area contributed by atoms with Gasteiger partial charge in [-0.15, -0.1) is 0 Å². The average molecular weight is 397 g/mol. The van der Waals surface area contributed by atoms with Crippen LogP contribution in [0.5, 0.6) is 5.75 Å². The van der Waals surface area contributed by atoms with Crippen molar-refractivity contribution in [2.75, 3.05) is 17.0 Å². The molecule has 148 valence electrons. The summed E-state index contributed by atoms with van der Waals surface area (Å²) in [5, 5.41) is 6.40. The number of hydrazone groups is 1. The molecule has 2 aliphatic heterocycles. The van der Waals surface area contributed by atoms with Gasteiger partial charge < -0.3 is 4.74 Å². The summed E-state index contributed by atoms with van der Waals surface area (Å²) in [7, 11) is 1.53. The molecule has 6 heteroatoms. The Bertz CT molecular complexity index is 1140. The topological polar surface area (TPSA) is 62.2 Å². The Morgan fingerprint density at radius 1 is 0.800 bits per heavy atom. The maximum Gasteiger partial charge on any atom is 0.260 e. The van der Waals surface area contributed by atoms with Crippen LogP contribution in [-0.4, -0.2) is 30.7 Å². The van der Waals surface area contributed by atoms with Crippen molar-refractivity contribution in [3.63, 3.8) is 0 Å². The molecule has 0 saturated carbocycles. The highest BCUT2D eigenvalue weighted by atomic mass is 16.5. The Labute approximate surface area is 174 Å². The number of fused-ring (bicyclic) bond motifs is 1. The van der Waals surface area contributed by atoms with Gasteiger partial charge in [0.05, 0.1) is 24.2 Å². The maximum absolute atomic E-state index is 13.6. The van der Waals surface area contributed by atoms with Crippen LogP contribution in [0.4, 0.5) is 11.4 Å². The molecule has 2 heterocycles. The van der Waals surface area contributed by atoms with Crippen molar-refractivity contribution in [3.05, 3.63) is 90.5 Å².